The lowest BCUT2D eigenvalue weighted by Crippen LogP contribution is -2.40. The first-order chi connectivity index (χ1) is 12.5. The molecule has 0 unspecified atom stereocenters. The quantitative estimate of drug-likeness (QED) is 0.888. The molecule has 0 atom stereocenters. The molecule has 136 valence electrons. The molecule has 0 bridgehead atoms. The summed E-state index contributed by atoms with van der Waals surface area (Å²) in [4.78, 5) is 27.1. The standard InChI is InChI=1S/C18H16F3N3O2/c19-12-4-6-13(7-5-12)24-9-8-23(18(24)26)11-17(25)22-10-14-15(20)2-1-3-16(14)21/h1-7H,8-11H2,(H,22,25). The zero-order valence-corrected chi connectivity index (χ0v) is 13.7. The molecule has 1 aliphatic rings. The summed E-state index contributed by atoms with van der Waals surface area (Å²) in [6.45, 7) is 0.144. The highest BCUT2D eigenvalue weighted by Gasteiger charge is 2.30. The number of carbonyl (C=O) groups is 2. The van der Waals surface area contributed by atoms with Gasteiger partial charge >= 0.3 is 6.03 Å². The molecule has 26 heavy (non-hydrogen) atoms. The maximum Gasteiger partial charge on any atom is 0.325 e. The van der Waals surface area contributed by atoms with Gasteiger partial charge in [0.2, 0.25) is 5.91 Å². The Hall–Kier alpha value is -3.03. The molecule has 0 saturated carbocycles. The van der Waals surface area contributed by atoms with Gasteiger partial charge in [0, 0.05) is 30.9 Å². The third-order valence-corrected chi connectivity index (χ3v) is 4.09. The zero-order chi connectivity index (χ0) is 18.7. The molecule has 0 aromatic heterocycles. The minimum absolute atomic E-state index is 0.230. The second-order valence-electron chi connectivity index (χ2n) is 5.81. The van der Waals surface area contributed by atoms with Crippen LogP contribution < -0.4 is 10.2 Å². The number of carbonyl (C=O) groups excluding carboxylic acids is 2. The predicted octanol–water partition coefficient (Wildman–Crippen LogP) is 2.66. The molecular weight excluding hydrogens is 347 g/mol. The number of benzene rings is 2. The fourth-order valence-electron chi connectivity index (χ4n) is 2.71. The van der Waals surface area contributed by atoms with Gasteiger partial charge in [0.05, 0.1) is 0 Å². The zero-order valence-electron chi connectivity index (χ0n) is 13.7. The van der Waals surface area contributed by atoms with Crippen LogP contribution >= 0.6 is 0 Å². The summed E-state index contributed by atoms with van der Waals surface area (Å²) >= 11 is 0. The third-order valence-electron chi connectivity index (χ3n) is 4.09. The van der Waals surface area contributed by atoms with Crippen molar-refractivity contribution in [1.82, 2.24) is 10.2 Å². The number of rotatable bonds is 5. The largest absolute Gasteiger partial charge is 0.350 e. The van der Waals surface area contributed by atoms with Crippen LogP contribution in [-0.2, 0) is 11.3 Å². The van der Waals surface area contributed by atoms with Crippen LogP contribution in [0.4, 0.5) is 23.7 Å². The van der Waals surface area contributed by atoms with E-state index in [9.17, 15) is 22.8 Å². The molecule has 0 aliphatic carbocycles. The van der Waals surface area contributed by atoms with Crippen LogP contribution in [-0.4, -0.2) is 36.5 Å². The van der Waals surface area contributed by atoms with Crippen molar-refractivity contribution in [1.29, 1.82) is 0 Å². The van der Waals surface area contributed by atoms with Crippen LogP contribution in [0.25, 0.3) is 0 Å². The molecule has 1 heterocycles. The summed E-state index contributed by atoms with van der Waals surface area (Å²) in [6.07, 6.45) is 0. The average Bonchev–Trinajstić information content (AvgIpc) is 2.96. The van der Waals surface area contributed by atoms with E-state index in [4.69, 9.17) is 0 Å². The Labute approximate surface area is 148 Å². The van der Waals surface area contributed by atoms with E-state index in [0.717, 1.165) is 12.1 Å². The molecule has 3 rings (SSSR count). The summed E-state index contributed by atoms with van der Waals surface area (Å²) in [6, 6.07) is 8.54. The number of anilines is 1. The second kappa shape index (κ2) is 7.47. The number of hydrogen-bond acceptors (Lipinski definition) is 2. The monoisotopic (exact) mass is 363 g/mol. The summed E-state index contributed by atoms with van der Waals surface area (Å²) in [5.41, 5.74) is 0.300. The molecule has 1 saturated heterocycles. The van der Waals surface area contributed by atoms with Crippen molar-refractivity contribution in [2.24, 2.45) is 0 Å². The summed E-state index contributed by atoms with van der Waals surface area (Å²) < 4.78 is 40.1. The minimum Gasteiger partial charge on any atom is -0.350 e. The van der Waals surface area contributed by atoms with E-state index in [2.05, 4.69) is 5.32 Å². The van der Waals surface area contributed by atoms with Gasteiger partial charge in [0.25, 0.3) is 0 Å². The average molecular weight is 363 g/mol. The van der Waals surface area contributed by atoms with Gasteiger partial charge < -0.3 is 10.2 Å². The Morgan fingerprint density at radius 3 is 2.31 bits per heavy atom. The maximum absolute atomic E-state index is 13.5. The number of amides is 3. The minimum atomic E-state index is -0.745. The van der Waals surface area contributed by atoms with Gasteiger partial charge in [-0.05, 0) is 36.4 Å². The highest BCUT2D eigenvalue weighted by atomic mass is 19.1. The molecule has 3 amide bonds. The molecule has 5 nitrogen and oxygen atoms in total. The topological polar surface area (TPSA) is 52.7 Å². The second-order valence-corrected chi connectivity index (χ2v) is 5.81. The number of urea groups is 1. The molecule has 1 N–H and O–H groups in total. The molecule has 1 aliphatic heterocycles. The fraction of sp³-hybridized carbons (Fsp3) is 0.222. The van der Waals surface area contributed by atoms with Crippen molar-refractivity contribution in [3.63, 3.8) is 0 Å². The van der Waals surface area contributed by atoms with E-state index in [0.29, 0.717) is 18.8 Å². The molecule has 2 aromatic carbocycles. The van der Waals surface area contributed by atoms with Crippen molar-refractivity contribution < 1.29 is 22.8 Å². The van der Waals surface area contributed by atoms with E-state index < -0.39 is 23.4 Å². The van der Waals surface area contributed by atoms with Crippen LogP contribution in [0, 0.1) is 17.5 Å². The Morgan fingerprint density at radius 2 is 1.65 bits per heavy atom. The van der Waals surface area contributed by atoms with Gasteiger partial charge in [-0.25, -0.2) is 18.0 Å². The van der Waals surface area contributed by atoms with Crippen molar-refractivity contribution >= 4 is 17.6 Å². The molecule has 2 aromatic rings. The Bertz CT molecular complexity index is 807. The van der Waals surface area contributed by atoms with Crippen LogP contribution in [0.5, 0.6) is 0 Å². The first kappa shape index (κ1) is 17.8. The number of nitrogens with zero attached hydrogens (tertiary/aromatic N) is 2. The van der Waals surface area contributed by atoms with E-state index in [-0.39, 0.29) is 24.7 Å². The van der Waals surface area contributed by atoms with Gasteiger partial charge in [0.15, 0.2) is 0 Å². The van der Waals surface area contributed by atoms with Gasteiger partial charge in [-0.3, -0.25) is 9.69 Å². The SMILES string of the molecule is O=C(CN1CCN(c2ccc(F)cc2)C1=O)NCc1c(F)cccc1F. The first-order valence-corrected chi connectivity index (χ1v) is 7.97. The van der Waals surface area contributed by atoms with Gasteiger partial charge in [-0.1, -0.05) is 6.07 Å². The third kappa shape index (κ3) is 3.79. The molecule has 0 spiro atoms. The van der Waals surface area contributed by atoms with E-state index in [1.807, 2.05) is 0 Å². The summed E-state index contributed by atoms with van der Waals surface area (Å²) in [5, 5.41) is 2.41. The molecule has 0 radical (unpaired) electrons. The highest BCUT2D eigenvalue weighted by molar-refractivity contribution is 5.96. The van der Waals surface area contributed by atoms with Crippen molar-refractivity contribution in [2.45, 2.75) is 6.54 Å². The van der Waals surface area contributed by atoms with Crippen molar-refractivity contribution in [3.8, 4) is 0 Å². The lowest BCUT2D eigenvalue weighted by atomic mass is 10.2. The maximum atomic E-state index is 13.5. The summed E-state index contributed by atoms with van der Waals surface area (Å²) in [5.74, 6) is -2.42. The van der Waals surface area contributed by atoms with E-state index in [1.54, 1.807) is 0 Å². The Morgan fingerprint density at radius 1 is 1.00 bits per heavy atom. The van der Waals surface area contributed by atoms with E-state index >= 15 is 0 Å². The van der Waals surface area contributed by atoms with Gasteiger partial charge in [-0.2, -0.15) is 0 Å². The van der Waals surface area contributed by atoms with Crippen LogP contribution in [0.1, 0.15) is 5.56 Å². The smallest absolute Gasteiger partial charge is 0.325 e. The first-order valence-electron chi connectivity index (χ1n) is 7.97. The van der Waals surface area contributed by atoms with E-state index in [1.165, 1.54) is 40.1 Å². The van der Waals surface area contributed by atoms with Crippen LogP contribution in [0.3, 0.4) is 0 Å². The summed E-state index contributed by atoms with van der Waals surface area (Å²) in [7, 11) is 0. The Balaban J connectivity index is 1.57. The predicted molar refractivity (Wildman–Crippen MR) is 88.9 cm³/mol. The highest BCUT2D eigenvalue weighted by Crippen LogP contribution is 2.20. The van der Waals surface area contributed by atoms with Crippen LogP contribution in [0.2, 0.25) is 0 Å². The number of nitrogens with one attached hydrogen (secondary N) is 1. The Kier molecular flexibility index (Phi) is 5.11. The lowest BCUT2D eigenvalue weighted by molar-refractivity contribution is -0.121. The van der Waals surface area contributed by atoms with Crippen molar-refractivity contribution in [3.05, 3.63) is 65.5 Å². The van der Waals surface area contributed by atoms with Gasteiger partial charge in [-0.15, -0.1) is 0 Å². The lowest BCUT2D eigenvalue weighted by Gasteiger charge is -2.18. The number of halogens is 3. The molecular formula is C18H16F3N3O2. The van der Waals surface area contributed by atoms with Crippen LogP contribution in [0.15, 0.2) is 42.5 Å². The fourth-order valence-corrected chi connectivity index (χ4v) is 2.71. The van der Waals surface area contributed by atoms with Crippen molar-refractivity contribution in [2.75, 3.05) is 24.5 Å². The number of hydrogen-bond donors (Lipinski definition) is 1. The molecule has 8 heteroatoms. The molecule has 1 fully saturated rings. The normalized spacial score (nSPS) is 14.0. The van der Waals surface area contributed by atoms with Gasteiger partial charge in [0.1, 0.15) is 24.0 Å².